The van der Waals surface area contributed by atoms with Gasteiger partial charge in [-0.2, -0.15) is 11.8 Å². The van der Waals surface area contributed by atoms with E-state index in [0.29, 0.717) is 24.0 Å². The summed E-state index contributed by atoms with van der Waals surface area (Å²) in [6.45, 7) is 5.98. The van der Waals surface area contributed by atoms with Crippen molar-refractivity contribution in [3.8, 4) is 0 Å². The Balaban J connectivity index is 2.23. The average molecular weight is 301 g/mol. The first-order valence-electron chi connectivity index (χ1n) is 7.56. The van der Waals surface area contributed by atoms with Crippen molar-refractivity contribution >= 4 is 23.6 Å². The highest BCUT2D eigenvalue weighted by Gasteiger charge is 2.23. The van der Waals surface area contributed by atoms with Gasteiger partial charge in [0.1, 0.15) is 0 Å². The lowest BCUT2D eigenvalue weighted by molar-refractivity contribution is -0.137. The lowest BCUT2D eigenvalue weighted by Crippen LogP contribution is -2.41. The number of carbonyl (C=O) groups excluding carboxylic acids is 1. The molecular weight excluding hydrogens is 274 g/mol. The van der Waals surface area contributed by atoms with Crippen LogP contribution >= 0.6 is 11.8 Å². The van der Waals surface area contributed by atoms with Gasteiger partial charge in [0.2, 0.25) is 5.91 Å². The molecule has 1 aliphatic heterocycles. The molecule has 1 unspecified atom stereocenters. The van der Waals surface area contributed by atoms with E-state index in [2.05, 4.69) is 13.8 Å². The smallest absolute Gasteiger partial charge is 0.303 e. The molecule has 20 heavy (non-hydrogen) atoms. The molecule has 116 valence electrons. The van der Waals surface area contributed by atoms with Crippen molar-refractivity contribution in [3.05, 3.63) is 0 Å². The number of nitrogens with zero attached hydrogens (tertiary/aromatic N) is 1. The molecule has 0 spiro atoms. The first-order valence-corrected chi connectivity index (χ1v) is 8.71. The van der Waals surface area contributed by atoms with Crippen molar-refractivity contribution in [2.75, 3.05) is 24.6 Å². The Hall–Kier alpha value is -0.710. The van der Waals surface area contributed by atoms with Gasteiger partial charge in [0.15, 0.2) is 0 Å². The zero-order valence-electron chi connectivity index (χ0n) is 12.6. The molecule has 1 rings (SSSR count). The second-order valence-corrected chi connectivity index (χ2v) is 7.12. The lowest BCUT2D eigenvalue weighted by atomic mass is 9.93. The minimum Gasteiger partial charge on any atom is -0.481 e. The third-order valence-corrected chi connectivity index (χ3v) is 4.68. The van der Waals surface area contributed by atoms with E-state index in [-0.39, 0.29) is 12.3 Å². The summed E-state index contributed by atoms with van der Waals surface area (Å²) in [6, 6.07) is 0. The molecule has 1 aliphatic rings. The number of hydrogen-bond acceptors (Lipinski definition) is 3. The fourth-order valence-electron chi connectivity index (χ4n) is 2.42. The number of piperidine rings is 1. The molecule has 1 heterocycles. The highest BCUT2D eigenvalue weighted by molar-refractivity contribution is 7.99. The second kappa shape index (κ2) is 9.27. The molecule has 0 aromatic carbocycles. The SMILES string of the molecule is CC(C)CCSCC(=O)N1CCCC(CCC(=O)O)C1. The number of aliphatic carboxylic acids is 1. The minimum atomic E-state index is -0.738. The fourth-order valence-corrected chi connectivity index (χ4v) is 3.56. The zero-order valence-corrected chi connectivity index (χ0v) is 13.5. The Kier molecular flexibility index (Phi) is 8.04. The molecule has 5 heteroatoms. The molecule has 0 bridgehead atoms. The zero-order chi connectivity index (χ0) is 15.0. The molecule has 4 nitrogen and oxygen atoms in total. The third kappa shape index (κ3) is 7.17. The number of hydrogen-bond donors (Lipinski definition) is 1. The van der Waals surface area contributed by atoms with Gasteiger partial charge in [0.05, 0.1) is 5.75 Å². The highest BCUT2D eigenvalue weighted by Crippen LogP contribution is 2.22. The number of carboxylic acids is 1. The van der Waals surface area contributed by atoms with E-state index in [1.807, 2.05) is 4.90 Å². The summed E-state index contributed by atoms with van der Waals surface area (Å²) in [7, 11) is 0. The summed E-state index contributed by atoms with van der Waals surface area (Å²) >= 11 is 1.72. The molecule has 0 aromatic rings. The monoisotopic (exact) mass is 301 g/mol. The normalized spacial score (nSPS) is 19.4. The molecule has 1 fully saturated rings. The molecule has 0 aromatic heterocycles. The van der Waals surface area contributed by atoms with Crippen LogP contribution in [0.1, 0.15) is 46.0 Å². The Morgan fingerprint density at radius 1 is 1.40 bits per heavy atom. The van der Waals surface area contributed by atoms with Gasteiger partial charge in [0, 0.05) is 19.5 Å². The van der Waals surface area contributed by atoms with Gasteiger partial charge in [-0.15, -0.1) is 0 Å². The van der Waals surface area contributed by atoms with Crippen molar-refractivity contribution in [1.29, 1.82) is 0 Å². The van der Waals surface area contributed by atoms with Crippen LogP contribution in [0, 0.1) is 11.8 Å². The summed E-state index contributed by atoms with van der Waals surface area (Å²) in [5.74, 6) is 2.15. The third-order valence-electron chi connectivity index (χ3n) is 3.70. The van der Waals surface area contributed by atoms with Crippen molar-refractivity contribution in [1.82, 2.24) is 4.90 Å². The van der Waals surface area contributed by atoms with E-state index in [4.69, 9.17) is 5.11 Å². The maximum Gasteiger partial charge on any atom is 0.303 e. The summed E-state index contributed by atoms with van der Waals surface area (Å²) in [6.07, 6.45) is 4.12. The number of carboxylic acid groups (broad SMARTS) is 1. The van der Waals surface area contributed by atoms with Crippen LogP contribution in [0.15, 0.2) is 0 Å². The number of thioether (sulfide) groups is 1. The van der Waals surface area contributed by atoms with E-state index in [1.54, 1.807) is 11.8 Å². The van der Waals surface area contributed by atoms with Crippen LogP contribution in [-0.4, -0.2) is 46.5 Å². The van der Waals surface area contributed by atoms with Gasteiger partial charge in [-0.05, 0) is 43.3 Å². The van der Waals surface area contributed by atoms with Crippen LogP contribution in [-0.2, 0) is 9.59 Å². The largest absolute Gasteiger partial charge is 0.481 e. The van der Waals surface area contributed by atoms with Crippen LogP contribution in [0.5, 0.6) is 0 Å². The van der Waals surface area contributed by atoms with Gasteiger partial charge in [-0.1, -0.05) is 13.8 Å². The van der Waals surface area contributed by atoms with E-state index in [9.17, 15) is 9.59 Å². The van der Waals surface area contributed by atoms with Crippen molar-refractivity contribution in [2.45, 2.75) is 46.0 Å². The summed E-state index contributed by atoms with van der Waals surface area (Å²) in [5, 5.41) is 8.72. The molecule has 1 amide bonds. The van der Waals surface area contributed by atoms with Gasteiger partial charge >= 0.3 is 5.97 Å². The van der Waals surface area contributed by atoms with E-state index >= 15 is 0 Å². The molecule has 0 radical (unpaired) electrons. The van der Waals surface area contributed by atoms with Crippen LogP contribution in [0.2, 0.25) is 0 Å². The predicted molar refractivity (Wildman–Crippen MR) is 83.0 cm³/mol. The molecule has 1 atom stereocenters. The van der Waals surface area contributed by atoms with Crippen LogP contribution in [0.3, 0.4) is 0 Å². The van der Waals surface area contributed by atoms with Crippen molar-refractivity contribution in [3.63, 3.8) is 0 Å². The highest BCUT2D eigenvalue weighted by atomic mass is 32.2. The summed E-state index contributed by atoms with van der Waals surface area (Å²) in [4.78, 5) is 24.6. The molecule has 1 saturated heterocycles. The number of likely N-dealkylation sites (tertiary alicyclic amines) is 1. The first-order chi connectivity index (χ1) is 9.49. The lowest BCUT2D eigenvalue weighted by Gasteiger charge is -2.32. The Morgan fingerprint density at radius 2 is 2.15 bits per heavy atom. The average Bonchev–Trinajstić information content (AvgIpc) is 2.41. The summed E-state index contributed by atoms with van der Waals surface area (Å²) in [5.41, 5.74) is 0. The fraction of sp³-hybridized carbons (Fsp3) is 0.867. The molecular formula is C15H27NO3S. The van der Waals surface area contributed by atoms with Crippen molar-refractivity contribution < 1.29 is 14.7 Å². The van der Waals surface area contributed by atoms with Crippen LogP contribution < -0.4 is 0 Å². The Morgan fingerprint density at radius 3 is 2.80 bits per heavy atom. The number of amides is 1. The van der Waals surface area contributed by atoms with Gasteiger partial charge < -0.3 is 10.0 Å². The minimum absolute atomic E-state index is 0.218. The maximum absolute atomic E-state index is 12.1. The van der Waals surface area contributed by atoms with Crippen LogP contribution in [0.4, 0.5) is 0 Å². The van der Waals surface area contributed by atoms with Gasteiger partial charge in [-0.3, -0.25) is 9.59 Å². The number of carbonyl (C=O) groups is 2. The standard InChI is InChI=1S/C15H27NO3S/c1-12(2)7-9-20-11-14(17)16-8-3-4-13(10-16)5-6-15(18)19/h12-13H,3-11H2,1-2H3,(H,18,19). The van der Waals surface area contributed by atoms with Crippen LogP contribution in [0.25, 0.3) is 0 Å². The first kappa shape index (κ1) is 17.3. The van der Waals surface area contributed by atoms with Crippen molar-refractivity contribution in [2.24, 2.45) is 11.8 Å². The van der Waals surface area contributed by atoms with E-state index in [1.165, 1.54) is 0 Å². The predicted octanol–water partition coefficient (Wildman–Crippen LogP) is 2.87. The Bertz CT molecular complexity index is 320. The maximum atomic E-state index is 12.1. The van der Waals surface area contributed by atoms with E-state index < -0.39 is 5.97 Å². The molecule has 0 saturated carbocycles. The Labute approximate surface area is 126 Å². The number of rotatable bonds is 8. The molecule has 0 aliphatic carbocycles. The second-order valence-electron chi connectivity index (χ2n) is 6.02. The molecule has 1 N–H and O–H groups in total. The summed E-state index contributed by atoms with van der Waals surface area (Å²) < 4.78 is 0. The topological polar surface area (TPSA) is 57.6 Å². The van der Waals surface area contributed by atoms with E-state index in [0.717, 1.165) is 38.1 Å². The van der Waals surface area contributed by atoms with Gasteiger partial charge in [-0.25, -0.2) is 0 Å². The van der Waals surface area contributed by atoms with Gasteiger partial charge in [0.25, 0.3) is 0 Å². The quantitative estimate of drug-likeness (QED) is 0.700.